The first-order valence-electron chi connectivity index (χ1n) is 5.08. The summed E-state index contributed by atoms with van der Waals surface area (Å²) in [7, 11) is 0. The Morgan fingerprint density at radius 3 is 2.60 bits per heavy atom. The van der Waals surface area contributed by atoms with Crippen LogP contribution in [0.4, 0.5) is 8.78 Å². The summed E-state index contributed by atoms with van der Waals surface area (Å²) in [5.74, 6) is -1.59. The molecule has 1 aliphatic rings. The number of hydrogen-bond donors (Lipinski definition) is 2. The van der Waals surface area contributed by atoms with E-state index in [0.717, 1.165) is 24.5 Å². The zero-order valence-corrected chi connectivity index (χ0v) is 8.34. The Kier molecular flexibility index (Phi) is 2.98. The third-order valence-electron chi connectivity index (χ3n) is 2.75. The summed E-state index contributed by atoms with van der Waals surface area (Å²) in [6, 6.07) is 4.68. The quantitative estimate of drug-likeness (QED) is 0.797. The molecule has 1 aromatic rings. The molecule has 15 heavy (non-hydrogen) atoms. The molecule has 1 aliphatic carbocycles. The number of hydrogen-bond acceptors (Lipinski definition) is 2. The Balaban J connectivity index is 1.86. The maximum Gasteiger partial charge on any atom is 0.159 e. The molecule has 4 heteroatoms. The van der Waals surface area contributed by atoms with Crippen molar-refractivity contribution in [3.05, 3.63) is 35.4 Å². The minimum Gasteiger partial charge on any atom is -0.328 e. The van der Waals surface area contributed by atoms with Crippen LogP contribution in [0.2, 0.25) is 0 Å². The van der Waals surface area contributed by atoms with Crippen LogP contribution < -0.4 is 11.1 Å². The van der Waals surface area contributed by atoms with Crippen LogP contribution in [0.15, 0.2) is 18.2 Å². The molecule has 0 atom stereocenters. The SMILES string of the molecule is NC1CC(NCc2ccc(F)c(F)c2)C1. The normalized spacial score (nSPS) is 25.0. The van der Waals surface area contributed by atoms with E-state index in [2.05, 4.69) is 5.32 Å². The van der Waals surface area contributed by atoms with Gasteiger partial charge in [0.15, 0.2) is 11.6 Å². The average Bonchev–Trinajstić information content (AvgIpc) is 2.16. The molecule has 82 valence electrons. The van der Waals surface area contributed by atoms with E-state index in [1.807, 2.05) is 0 Å². The smallest absolute Gasteiger partial charge is 0.159 e. The second-order valence-corrected chi connectivity index (χ2v) is 4.06. The van der Waals surface area contributed by atoms with E-state index in [1.54, 1.807) is 6.07 Å². The van der Waals surface area contributed by atoms with Crippen LogP contribution in [0.5, 0.6) is 0 Å². The summed E-state index contributed by atoms with van der Waals surface area (Å²) in [5.41, 5.74) is 6.39. The molecule has 3 N–H and O–H groups in total. The summed E-state index contributed by atoms with van der Waals surface area (Å²) in [6.07, 6.45) is 1.92. The molecule has 0 amide bonds. The van der Waals surface area contributed by atoms with Crippen LogP contribution in [0.3, 0.4) is 0 Å². The maximum absolute atomic E-state index is 12.8. The first-order valence-corrected chi connectivity index (χ1v) is 5.08. The summed E-state index contributed by atoms with van der Waals surface area (Å²) < 4.78 is 25.5. The van der Waals surface area contributed by atoms with E-state index in [4.69, 9.17) is 5.73 Å². The highest BCUT2D eigenvalue weighted by Gasteiger charge is 2.24. The molecule has 0 saturated heterocycles. The van der Waals surface area contributed by atoms with E-state index in [-0.39, 0.29) is 0 Å². The van der Waals surface area contributed by atoms with Gasteiger partial charge < -0.3 is 11.1 Å². The van der Waals surface area contributed by atoms with Gasteiger partial charge in [0.2, 0.25) is 0 Å². The number of rotatable bonds is 3. The largest absolute Gasteiger partial charge is 0.328 e. The Morgan fingerprint density at radius 1 is 1.27 bits per heavy atom. The van der Waals surface area contributed by atoms with E-state index in [1.165, 1.54) is 6.07 Å². The lowest BCUT2D eigenvalue weighted by Crippen LogP contribution is -2.48. The summed E-state index contributed by atoms with van der Waals surface area (Å²) in [4.78, 5) is 0. The van der Waals surface area contributed by atoms with Crippen molar-refractivity contribution in [2.24, 2.45) is 5.73 Å². The van der Waals surface area contributed by atoms with Gasteiger partial charge in [-0.05, 0) is 30.5 Å². The minimum absolute atomic E-state index is 0.299. The van der Waals surface area contributed by atoms with Crippen molar-refractivity contribution < 1.29 is 8.78 Å². The molecular formula is C11H14F2N2. The standard InChI is InChI=1S/C11H14F2N2/c12-10-2-1-7(3-11(10)13)6-15-9-4-8(14)5-9/h1-3,8-9,15H,4-6,14H2. The van der Waals surface area contributed by atoms with Crippen LogP contribution in [-0.4, -0.2) is 12.1 Å². The van der Waals surface area contributed by atoms with Crippen LogP contribution in [0.25, 0.3) is 0 Å². The van der Waals surface area contributed by atoms with Crippen molar-refractivity contribution in [1.82, 2.24) is 5.32 Å². The summed E-state index contributed by atoms with van der Waals surface area (Å²) in [5, 5.41) is 3.24. The van der Waals surface area contributed by atoms with Gasteiger partial charge in [-0.3, -0.25) is 0 Å². The van der Waals surface area contributed by atoms with E-state index in [0.29, 0.717) is 18.6 Å². The summed E-state index contributed by atoms with van der Waals surface area (Å²) >= 11 is 0. The van der Waals surface area contributed by atoms with Gasteiger partial charge in [-0.2, -0.15) is 0 Å². The van der Waals surface area contributed by atoms with Gasteiger partial charge >= 0.3 is 0 Å². The molecule has 0 bridgehead atoms. The molecule has 1 saturated carbocycles. The molecule has 2 rings (SSSR count). The first kappa shape index (κ1) is 10.5. The number of benzene rings is 1. The van der Waals surface area contributed by atoms with Crippen molar-refractivity contribution in [3.63, 3.8) is 0 Å². The zero-order valence-electron chi connectivity index (χ0n) is 8.34. The van der Waals surface area contributed by atoms with Gasteiger partial charge in [0.25, 0.3) is 0 Å². The Hall–Kier alpha value is -1.00. The molecule has 0 spiro atoms. The van der Waals surface area contributed by atoms with E-state index >= 15 is 0 Å². The fourth-order valence-electron chi connectivity index (χ4n) is 1.74. The number of halogens is 2. The van der Waals surface area contributed by atoms with E-state index in [9.17, 15) is 8.78 Å². The minimum atomic E-state index is -0.801. The fourth-order valence-corrected chi connectivity index (χ4v) is 1.74. The second kappa shape index (κ2) is 4.24. The monoisotopic (exact) mass is 212 g/mol. The van der Waals surface area contributed by atoms with E-state index < -0.39 is 11.6 Å². The van der Waals surface area contributed by atoms with Crippen molar-refractivity contribution in [2.75, 3.05) is 0 Å². The van der Waals surface area contributed by atoms with Gasteiger partial charge in [-0.1, -0.05) is 6.07 Å². The third-order valence-corrected chi connectivity index (χ3v) is 2.75. The third kappa shape index (κ3) is 2.52. The first-order chi connectivity index (χ1) is 7.15. The van der Waals surface area contributed by atoms with Gasteiger partial charge in [-0.25, -0.2) is 8.78 Å². The molecule has 0 aromatic heterocycles. The Morgan fingerprint density at radius 2 is 2.00 bits per heavy atom. The lowest BCUT2D eigenvalue weighted by molar-refractivity contribution is 0.290. The lowest BCUT2D eigenvalue weighted by Gasteiger charge is -2.33. The van der Waals surface area contributed by atoms with Crippen molar-refractivity contribution in [1.29, 1.82) is 0 Å². The van der Waals surface area contributed by atoms with Crippen LogP contribution >= 0.6 is 0 Å². The molecule has 0 aliphatic heterocycles. The predicted octanol–water partition coefficient (Wildman–Crippen LogP) is 1.54. The Bertz CT molecular complexity index is 348. The van der Waals surface area contributed by atoms with Gasteiger partial charge in [0.1, 0.15) is 0 Å². The lowest BCUT2D eigenvalue weighted by atomic mass is 9.87. The number of nitrogens with one attached hydrogen (secondary N) is 1. The molecule has 2 nitrogen and oxygen atoms in total. The molecule has 0 radical (unpaired) electrons. The van der Waals surface area contributed by atoms with Crippen LogP contribution in [-0.2, 0) is 6.54 Å². The zero-order chi connectivity index (χ0) is 10.8. The molecule has 0 heterocycles. The van der Waals surface area contributed by atoms with Gasteiger partial charge in [-0.15, -0.1) is 0 Å². The Labute approximate surface area is 87.5 Å². The highest BCUT2D eigenvalue weighted by Crippen LogP contribution is 2.18. The van der Waals surface area contributed by atoms with Crippen molar-refractivity contribution in [3.8, 4) is 0 Å². The van der Waals surface area contributed by atoms with Gasteiger partial charge in [0, 0.05) is 18.6 Å². The summed E-state index contributed by atoms with van der Waals surface area (Å²) in [6.45, 7) is 0.564. The second-order valence-electron chi connectivity index (χ2n) is 4.06. The topological polar surface area (TPSA) is 38.0 Å². The fraction of sp³-hybridized carbons (Fsp3) is 0.455. The predicted molar refractivity (Wildman–Crippen MR) is 54.2 cm³/mol. The molecule has 1 fully saturated rings. The van der Waals surface area contributed by atoms with Crippen LogP contribution in [0.1, 0.15) is 18.4 Å². The highest BCUT2D eigenvalue weighted by molar-refractivity contribution is 5.17. The molecular weight excluding hydrogens is 198 g/mol. The van der Waals surface area contributed by atoms with Crippen molar-refractivity contribution >= 4 is 0 Å². The molecule has 0 unspecified atom stereocenters. The van der Waals surface area contributed by atoms with Crippen molar-refractivity contribution in [2.45, 2.75) is 31.5 Å². The number of nitrogens with two attached hydrogens (primary N) is 1. The molecule has 1 aromatic carbocycles. The van der Waals surface area contributed by atoms with Crippen LogP contribution in [0, 0.1) is 11.6 Å². The maximum atomic E-state index is 12.8. The average molecular weight is 212 g/mol. The highest BCUT2D eigenvalue weighted by atomic mass is 19.2. The van der Waals surface area contributed by atoms with Gasteiger partial charge in [0.05, 0.1) is 0 Å².